The molecule has 0 bridgehead atoms. The molecule has 0 spiro atoms. The van der Waals surface area contributed by atoms with Crippen molar-refractivity contribution in [3.63, 3.8) is 0 Å². The standard InChI is InChI=1S/C21H20N3S/c1-14-8-10-17(11-9-14)23-18-6-4-5-7-20(18)25-21-13-15(2)19(24-22)12-16(21)3/h4-13,23H,1-3H3/q+1. The third-order valence-corrected chi connectivity index (χ3v) is 5.27. The van der Waals surface area contributed by atoms with Crippen LogP contribution in [-0.4, -0.2) is 0 Å². The molecular weight excluding hydrogens is 326 g/mol. The first-order chi connectivity index (χ1) is 12.1. The molecule has 0 radical (unpaired) electrons. The second-order valence-electron chi connectivity index (χ2n) is 6.09. The summed E-state index contributed by atoms with van der Waals surface area (Å²) in [7, 11) is 0. The molecular formula is C21H20N3S+. The maximum Gasteiger partial charge on any atom is 0.388 e. The Morgan fingerprint density at radius 3 is 2.28 bits per heavy atom. The highest BCUT2D eigenvalue weighted by Crippen LogP contribution is 2.38. The Morgan fingerprint density at radius 2 is 1.56 bits per heavy atom. The van der Waals surface area contributed by atoms with Gasteiger partial charge in [0.2, 0.25) is 5.39 Å². The van der Waals surface area contributed by atoms with Gasteiger partial charge in [0.25, 0.3) is 0 Å². The molecule has 0 aliphatic rings. The molecule has 0 aliphatic heterocycles. The van der Waals surface area contributed by atoms with Gasteiger partial charge in [0.15, 0.2) is 4.98 Å². The molecule has 124 valence electrons. The summed E-state index contributed by atoms with van der Waals surface area (Å²) in [6.45, 7) is 6.07. The van der Waals surface area contributed by atoms with E-state index in [1.165, 1.54) is 5.56 Å². The zero-order chi connectivity index (χ0) is 17.8. The van der Waals surface area contributed by atoms with E-state index in [0.717, 1.165) is 32.3 Å². The van der Waals surface area contributed by atoms with E-state index in [2.05, 4.69) is 59.7 Å². The Morgan fingerprint density at radius 1 is 0.840 bits per heavy atom. The van der Waals surface area contributed by atoms with Gasteiger partial charge in [-0.15, -0.1) is 0 Å². The van der Waals surface area contributed by atoms with Crippen LogP contribution < -0.4 is 5.32 Å². The summed E-state index contributed by atoms with van der Waals surface area (Å²) in [6, 6.07) is 20.6. The zero-order valence-electron chi connectivity index (χ0n) is 14.6. The number of benzene rings is 3. The lowest BCUT2D eigenvalue weighted by Gasteiger charge is -2.13. The molecule has 0 atom stereocenters. The predicted molar refractivity (Wildman–Crippen MR) is 106 cm³/mol. The van der Waals surface area contributed by atoms with Crippen LogP contribution in [0, 0.1) is 26.2 Å². The highest BCUT2D eigenvalue weighted by Gasteiger charge is 2.15. The summed E-state index contributed by atoms with van der Waals surface area (Å²) >= 11 is 1.71. The number of aryl methyl sites for hydroxylation is 3. The van der Waals surface area contributed by atoms with Crippen LogP contribution in [0.4, 0.5) is 17.1 Å². The first-order valence-corrected chi connectivity index (χ1v) is 8.95. The number of nitrogens with zero attached hydrogens (tertiary/aromatic N) is 2. The second-order valence-corrected chi connectivity index (χ2v) is 7.18. The van der Waals surface area contributed by atoms with Crippen LogP contribution >= 0.6 is 11.8 Å². The van der Waals surface area contributed by atoms with Crippen molar-refractivity contribution in [2.24, 2.45) is 0 Å². The van der Waals surface area contributed by atoms with Gasteiger partial charge in [-0.1, -0.05) is 41.6 Å². The second kappa shape index (κ2) is 7.42. The minimum absolute atomic E-state index is 0.618. The van der Waals surface area contributed by atoms with E-state index >= 15 is 0 Å². The molecule has 0 heterocycles. The highest BCUT2D eigenvalue weighted by molar-refractivity contribution is 7.99. The summed E-state index contributed by atoms with van der Waals surface area (Å²) < 4.78 is 0. The number of anilines is 2. The van der Waals surface area contributed by atoms with Gasteiger partial charge in [0, 0.05) is 27.1 Å². The molecule has 4 heteroatoms. The molecule has 3 nitrogen and oxygen atoms in total. The van der Waals surface area contributed by atoms with Crippen LogP contribution in [0.25, 0.3) is 4.98 Å². The Labute approximate surface area is 152 Å². The summed E-state index contributed by atoms with van der Waals surface area (Å²) in [4.78, 5) is 5.65. The van der Waals surface area contributed by atoms with E-state index in [0.29, 0.717) is 5.69 Å². The van der Waals surface area contributed by atoms with Gasteiger partial charge in [0.1, 0.15) is 0 Å². The van der Waals surface area contributed by atoms with E-state index in [1.807, 2.05) is 32.0 Å². The number of diazo groups is 1. The Balaban J connectivity index is 1.90. The maximum absolute atomic E-state index is 9.06. The van der Waals surface area contributed by atoms with Gasteiger partial charge in [-0.25, -0.2) is 0 Å². The van der Waals surface area contributed by atoms with Gasteiger partial charge >= 0.3 is 5.69 Å². The lowest BCUT2D eigenvalue weighted by molar-refractivity contribution is 1.25. The number of para-hydroxylation sites is 1. The van der Waals surface area contributed by atoms with Crippen molar-refractivity contribution in [3.05, 3.63) is 82.3 Å². The van der Waals surface area contributed by atoms with E-state index in [9.17, 15) is 0 Å². The van der Waals surface area contributed by atoms with Gasteiger partial charge in [-0.3, -0.25) is 0 Å². The summed E-state index contributed by atoms with van der Waals surface area (Å²) in [6.07, 6.45) is 0. The fourth-order valence-corrected chi connectivity index (χ4v) is 3.63. The SMILES string of the molecule is Cc1ccc(Nc2ccccc2Sc2cc(C)c([N+]#N)cc2C)cc1. The largest absolute Gasteiger partial charge is 0.388 e. The molecule has 0 fully saturated rings. The Bertz CT molecular complexity index is 940. The van der Waals surface area contributed by atoms with E-state index in [1.54, 1.807) is 11.8 Å². The molecule has 3 rings (SSSR count). The molecule has 0 saturated carbocycles. The van der Waals surface area contributed by atoms with Crippen LogP contribution in [0.1, 0.15) is 16.7 Å². The van der Waals surface area contributed by atoms with Crippen LogP contribution in [0.2, 0.25) is 0 Å². The van der Waals surface area contributed by atoms with Crippen LogP contribution in [0.15, 0.2) is 70.5 Å². The summed E-state index contributed by atoms with van der Waals surface area (Å²) in [5.74, 6) is 0. The molecule has 0 saturated heterocycles. The third-order valence-electron chi connectivity index (χ3n) is 4.04. The van der Waals surface area contributed by atoms with E-state index < -0.39 is 0 Å². The van der Waals surface area contributed by atoms with Crippen molar-refractivity contribution in [3.8, 4) is 0 Å². The smallest absolute Gasteiger partial charge is 0.355 e. The average Bonchev–Trinajstić information content (AvgIpc) is 2.61. The van der Waals surface area contributed by atoms with Crippen LogP contribution in [0.5, 0.6) is 0 Å². The molecule has 0 aromatic heterocycles. The molecule has 0 amide bonds. The molecule has 0 unspecified atom stereocenters. The lowest BCUT2D eigenvalue weighted by Crippen LogP contribution is -1.93. The van der Waals surface area contributed by atoms with E-state index in [4.69, 9.17) is 5.39 Å². The first-order valence-electron chi connectivity index (χ1n) is 8.14. The Hall–Kier alpha value is -2.77. The quantitative estimate of drug-likeness (QED) is 0.517. The van der Waals surface area contributed by atoms with Crippen molar-refractivity contribution in [2.45, 2.75) is 30.6 Å². The van der Waals surface area contributed by atoms with Gasteiger partial charge in [0.05, 0.1) is 5.69 Å². The van der Waals surface area contributed by atoms with Crippen molar-refractivity contribution in [1.82, 2.24) is 0 Å². The molecule has 3 aromatic carbocycles. The Kier molecular flexibility index (Phi) is 5.06. The minimum Gasteiger partial charge on any atom is -0.355 e. The van der Waals surface area contributed by atoms with Crippen LogP contribution in [0.3, 0.4) is 0 Å². The van der Waals surface area contributed by atoms with Crippen LogP contribution in [-0.2, 0) is 0 Å². The topological polar surface area (TPSA) is 40.2 Å². The molecule has 1 N–H and O–H groups in total. The first kappa shape index (κ1) is 17.1. The summed E-state index contributed by atoms with van der Waals surface area (Å²) in [5.41, 5.74) is 6.06. The molecule has 3 aromatic rings. The normalized spacial score (nSPS) is 10.3. The van der Waals surface area contributed by atoms with E-state index in [-0.39, 0.29) is 0 Å². The van der Waals surface area contributed by atoms with Gasteiger partial charge in [-0.2, -0.15) is 0 Å². The number of hydrogen-bond donors (Lipinski definition) is 1. The fraction of sp³-hybridized carbons (Fsp3) is 0.143. The number of hydrogen-bond acceptors (Lipinski definition) is 3. The number of rotatable bonds is 4. The average molecular weight is 346 g/mol. The minimum atomic E-state index is 0.618. The van der Waals surface area contributed by atoms with Gasteiger partial charge in [-0.05, 0) is 56.7 Å². The lowest BCUT2D eigenvalue weighted by atomic mass is 10.1. The zero-order valence-corrected chi connectivity index (χ0v) is 15.4. The molecule has 25 heavy (non-hydrogen) atoms. The summed E-state index contributed by atoms with van der Waals surface area (Å²) in [5, 5.41) is 12.6. The van der Waals surface area contributed by atoms with Crippen molar-refractivity contribution < 1.29 is 0 Å². The van der Waals surface area contributed by atoms with Crippen molar-refractivity contribution >= 4 is 28.8 Å². The highest BCUT2D eigenvalue weighted by atomic mass is 32.2. The monoisotopic (exact) mass is 346 g/mol. The van der Waals surface area contributed by atoms with Gasteiger partial charge < -0.3 is 5.32 Å². The fourth-order valence-electron chi connectivity index (χ4n) is 2.56. The number of nitrogens with one attached hydrogen (secondary N) is 1. The molecule has 0 aliphatic carbocycles. The van der Waals surface area contributed by atoms with Crippen molar-refractivity contribution in [1.29, 1.82) is 5.39 Å². The maximum atomic E-state index is 9.06. The third kappa shape index (κ3) is 4.01. The van der Waals surface area contributed by atoms with Crippen molar-refractivity contribution in [2.75, 3.05) is 5.32 Å². The predicted octanol–water partition coefficient (Wildman–Crippen LogP) is 6.99.